The van der Waals surface area contributed by atoms with Crippen LogP contribution in [0.2, 0.25) is 0 Å². The van der Waals surface area contributed by atoms with Crippen LogP contribution in [-0.2, 0) is 11.0 Å². The molecule has 2 rings (SSSR count). The SMILES string of the molecule is Cc1ccccc1[C@H](N[S@](=O)C(C)(C)C)c1ccccc1P(C(C)(C)C)C(C)(C)C. The fourth-order valence-corrected chi connectivity index (χ4v) is 9.13. The average molecular weight is 446 g/mol. The minimum Gasteiger partial charge on any atom is -0.242 e. The maximum atomic E-state index is 13.2. The van der Waals surface area contributed by atoms with Crippen LogP contribution in [0.15, 0.2) is 48.5 Å². The van der Waals surface area contributed by atoms with E-state index in [9.17, 15) is 4.21 Å². The van der Waals surface area contributed by atoms with Gasteiger partial charge in [0.05, 0.1) is 21.8 Å². The normalized spacial score (nSPS) is 15.3. The molecule has 0 aromatic heterocycles. The van der Waals surface area contributed by atoms with Crippen molar-refractivity contribution in [2.24, 2.45) is 0 Å². The summed E-state index contributed by atoms with van der Waals surface area (Å²) in [5.41, 5.74) is 3.66. The summed E-state index contributed by atoms with van der Waals surface area (Å²) in [6, 6.07) is 17.1. The largest absolute Gasteiger partial charge is 0.242 e. The molecular formula is C26H40NOPS. The van der Waals surface area contributed by atoms with Gasteiger partial charge in [0, 0.05) is 0 Å². The molecule has 0 aliphatic rings. The third-order valence-electron chi connectivity index (χ3n) is 5.11. The summed E-state index contributed by atoms with van der Waals surface area (Å²) in [7, 11) is -1.67. The van der Waals surface area contributed by atoms with E-state index in [1.807, 2.05) is 20.8 Å². The van der Waals surface area contributed by atoms with E-state index in [2.05, 4.69) is 102 Å². The first-order valence-electron chi connectivity index (χ1n) is 10.8. The van der Waals surface area contributed by atoms with Crippen molar-refractivity contribution in [2.45, 2.75) is 90.3 Å². The lowest BCUT2D eigenvalue weighted by Crippen LogP contribution is -2.39. The molecule has 1 N–H and O–H groups in total. The topological polar surface area (TPSA) is 29.1 Å². The molecule has 0 saturated carbocycles. The van der Waals surface area contributed by atoms with Crippen LogP contribution < -0.4 is 10.0 Å². The van der Waals surface area contributed by atoms with Gasteiger partial charge < -0.3 is 0 Å². The van der Waals surface area contributed by atoms with Crippen LogP contribution in [0.5, 0.6) is 0 Å². The summed E-state index contributed by atoms with van der Waals surface area (Å²) in [6.07, 6.45) is 0. The lowest BCUT2D eigenvalue weighted by Gasteiger charge is -2.43. The molecule has 30 heavy (non-hydrogen) atoms. The first-order chi connectivity index (χ1) is 13.6. The number of hydrogen-bond donors (Lipinski definition) is 1. The second-order valence-electron chi connectivity index (χ2n) is 11.0. The van der Waals surface area contributed by atoms with Crippen molar-refractivity contribution in [2.75, 3.05) is 0 Å². The van der Waals surface area contributed by atoms with Crippen molar-refractivity contribution in [3.8, 4) is 0 Å². The second-order valence-corrected chi connectivity index (χ2v) is 16.9. The van der Waals surface area contributed by atoms with Gasteiger partial charge in [-0.25, -0.2) is 8.93 Å². The molecule has 0 radical (unpaired) electrons. The minimum atomic E-state index is -1.18. The van der Waals surface area contributed by atoms with Crippen molar-refractivity contribution < 1.29 is 4.21 Å². The Labute approximate surface area is 188 Å². The third-order valence-corrected chi connectivity index (χ3v) is 10.2. The van der Waals surface area contributed by atoms with Crippen molar-refractivity contribution >= 4 is 24.2 Å². The fourth-order valence-electron chi connectivity index (χ4n) is 4.15. The van der Waals surface area contributed by atoms with Gasteiger partial charge >= 0.3 is 0 Å². The van der Waals surface area contributed by atoms with Crippen molar-refractivity contribution in [1.29, 1.82) is 0 Å². The molecule has 2 atom stereocenters. The molecule has 0 amide bonds. The van der Waals surface area contributed by atoms with Gasteiger partial charge in [-0.2, -0.15) is 0 Å². The zero-order chi connectivity index (χ0) is 22.9. The molecule has 0 unspecified atom stereocenters. The number of aryl methyl sites for hydroxylation is 1. The molecule has 0 aliphatic heterocycles. The Morgan fingerprint density at radius 2 is 1.23 bits per heavy atom. The number of nitrogens with one attached hydrogen (secondary N) is 1. The lowest BCUT2D eigenvalue weighted by molar-refractivity contribution is 0.623. The zero-order valence-electron chi connectivity index (χ0n) is 20.5. The molecule has 0 saturated heterocycles. The highest BCUT2D eigenvalue weighted by Gasteiger charge is 2.38. The van der Waals surface area contributed by atoms with Gasteiger partial charge in [-0.3, -0.25) is 0 Å². The van der Waals surface area contributed by atoms with E-state index in [0.29, 0.717) is 0 Å². The van der Waals surface area contributed by atoms with Crippen LogP contribution >= 0.6 is 7.92 Å². The summed E-state index contributed by atoms with van der Waals surface area (Å²) in [6.45, 7) is 22.3. The van der Waals surface area contributed by atoms with Gasteiger partial charge in [0.1, 0.15) is 0 Å². The molecule has 0 aliphatic carbocycles. The number of benzene rings is 2. The Bertz CT molecular complexity index is 873. The van der Waals surface area contributed by atoms with E-state index in [-0.39, 0.29) is 21.1 Å². The van der Waals surface area contributed by atoms with Gasteiger partial charge in [-0.05, 0) is 60.0 Å². The van der Waals surface area contributed by atoms with Crippen LogP contribution in [0, 0.1) is 6.92 Å². The highest BCUT2D eigenvalue weighted by atomic mass is 32.2. The molecule has 0 bridgehead atoms. The van der Waals surface area contributed by atoms with Crippen LogP contribution in [0.1, 0.15) is 85.0 Å². The van der Waals surface area contributed by atoms with Crippen LogP contribution in [-0.4, -0.2) is 19.3 Å². The molecule has 4 heteroatoms. The molecule has 0 heterocycles. The van der Waals surface area contributed by atoms with Crippen molar-refractivity contribution in [1.82, 2.24) is 4.72 Å². The van der Waals surface area contributed by atoms with Gasteiger partial charge in [0.2, 0.25) is 0 Å². The molecule has 2 aromatic rings. The highest BCUT2D eigenvalue weighted by Crippen LogP contribution is 2.59. The molecular weight excluding hydrogens is 405 g/mol. The van der Waals surface area contributed by atoms with Crippen LogP contribution in [0.4, 0.5) is 0 Å². The van der Waals surface area contributed by atoms with E-state index in [1.54, 1.807) is 0 Å². The Kier molecular flexibility index (Phi) is 7.76. The first-order valence-corrected chi connectivity index (χ1v) is 13.3. The highest BCUT2D eigenvalue weighted by molar-refractivity contribution is 7.84. The number of rotatable bonds is 5. The van der Waals surface area contributed by atoms with Crippen LogP contribution in [0.3, 0.4) is 0 Å². The van der Waals surface area contributed by atoms with E-state index >= 15 is 0 Å². The first kappa shape index (κ1) is 25.2. The van der Waals surface area contributed by atoms with Crippen molar-refractivity contribution in [3.63, 3.8) is 0 Å². The molecule has 0 spiro atoms. The third kappa shape index (κ3) is 6.02. The van der Waals surface area contributed by atoms with E-state index in [1.165, 1.54) is 22.0 Å². The Morgan fingerprint density at radius 3 is 1.70 bits per heavy atom. The summed E-state index contributed by atoms with van der Waals surface area (Å²) in [4.78, 5) is 0. The van der Waals surface area contributed by atoms with Gasteiger partial charge in [-0.1, -0.05) is 98.0 Å². The Hall–Kier alpha value is -1.02. The average Bonchev–Trinajstić information content (AvgIpc) is 2.57. The van der Waals surface area contributed by atoms with Gasteiger partial charge in [0.25, 0.3) is 0 Å². The standard InChI is InChI=1S/C26H40NOPS/c1-19-15-11-12-16-20(19)23(27-30(28)26(8,9)10)21-17-13-14-18-22(21)29(24(2,3)4)25(5,6)7/h11-18,23,27H,1-10H3/t23-,30+/m0/s1. The molecule has 166 valence electrons. The smallest absolute Gasteiger partial charge is 0.0979 e. The monoisotopic (exact) mass is 445 g/mol. The maximum Gasteiger partial charge on any atom is 0.0979 e. The maximum absolute atomic E-state index is 13.2. The van der Waals surface area contributed by atoms with E-state index < -0.39 is 18.9 Å². The molecule has 0 fully saturated rings. The Morgan fingerprint density at radius 1 is 0.767 bits per heavy atom. The fraction of sp³-hybridized carbons (Fsp3) is 0.538. The number of hydrogen-bond acceptors (Lipinski definition) is 1. The summed E-state index contributed by atoms with van der Waals surface area (Å²) < 4.78 is 16.4. The zero-order valence-corrected chi connectivity index (χ0v) is 22.2. The Balaban J connectivity index is 2.74. The predicted molar refractivity (Wildman–Crippen MR) is 137 cm³/mol. The minimum absolute atomic E-state index is 0.114. The van der Waals surface area contributed by atoms with Crippen LogP contribution in [0.25, 0.3) is 0 Å². The summed E-state index contributed by atoms with van der Waals surface area (Å²) in [5.74, 6) is 0. The molecule has 2 aromatic carbocycles. The van der Waals surface area contributed by atoms with E-state index in [4.69, 9.17) is 0 Å². The second kappa shape index (κ2) is 9.23. The quantitative estimate of drug-likeness (QED) is 0.502. The van der Waals surface area contributed by atoms with E-state index in [0.717, 1.165) is 0 Å². The summed E-state index contributed by atoms with van der Waals surface area (Å²) in [5, 5.41) is 1.71. The predicted octanol–water partition coefficient (Wildman–Crippen LogP) is 6.84. The van der Waals surface area contributed by atoms with Gasteiger partial charge in [0.15, 0.2) is 0 Å². The lowest BCUT2D eigenvalue weighted by atomic mass is 9.96. The van der Waals surface area contributed by atoms with Crippen molar-refractivity contribution in [3.05, 3.63) is 65.2 Å². The summed E-state index contributed by atoms with van der Waals surface area (Å²) >= 11 is 0. The van der Waals surface area contributed by atoms with Gasteiger partial charge in [-0.15, -0.1) is 0 Å². The molecule has 2 nitrogen and oxygen atoms in total.